The van der Waals surface area contributed by atoms with E-state index in [4.69, 9.17) is 9.47 Å². The lowest BCUT2D eigenvalue weighted by molar-refractivity contribution is 0.0502. The summed E-state index contributed by atoms with van der Waals surface area (Å²) in [6.07, 6.45) is -0.405. The predicted molar refractivity (Wildman–Crippen MR) is 92.5 cm³/mol. The molecular formula is C18H30N2O3. The lowest BCUT2D eigenvalue weighted by Crippen LogP contribution is -2.40. The maximum absolute atomic E-state index is 12.1. The highest BCUT2D eigenvalue weighted by Gasteiger charge is 2.20. The van der Waals surface area contributed by atoms with Crippen molar-refractivity contribution < 1.29 is 14.3 Å². The Morgan fingerprint density at radius 3 is 2.39 bits per heavy atom. The van der Waals surface area contributed by atoms with Gasteiger partial charge in [0.2, 0.25) is 0 Å². The van der Waals surface area contributed by atoms with Gasteiger partial charge in [0.05, 0.1) is 6.04 Å². The zero-order valence-electron chi connectivity index (χ0n) is 14.9. The zero-order chi connectivity index (χ0) is 17.3. The molecule has 1 aromatic rings. The smallest absolute Gasteiger partial charge is 0.408 e. The molecule has 0 aliphatic heterocycles. The molecule has 0 bridgehead atoms. The molecule has 0 saturated heterocycles. The number of amides is 1. The van der Waals surface area contributed by atoms with Crippen LogP contribution >= 0.6 is 0 Å². The van der Waals surface area contributed by atoms with Gasteiger partial charge < -0.3 is 20.1 Å². The Morgan fingerprint density at radius 2 is 1.83 bits per heavy atom. The molecule has 0 fully saturated rings. The Hall–Kier alpha value is -1.59. The zero-order valence-corrected chi connectivity index (χ0v) is 14.9. The van der Waals surface area contributed by atoms with Gasteiger partial charge in [-0.3, -0.25) is 0 Å². The van der Waals surface area contributed by atoms with Crippen molar-refractivity contribution in [2.75, 3.05) is 26.8 Å². The number of carbonyl (C=O) groups is 1. The lowest BCUT2D eigenvalue weighted by atomic mass is 10.1. The number of nitrogens with one attached hydrogen (secondary N) is 2. The van der Waals surface area contributed by atoms with Crippen LogP contribution in [0.3, 0.4) is 0 Å². The lowest BCUT2D eigenvalue weighted by Gasteiger charge is -2.24. The molecular weight excluding hydrogens is 292 g/mol. The summed E-state index contributed by atoms with van der Waals surface area (Å²) in [5.74, 6) is 0.415. The van der Waals surface area contributed by atoms with Crippen LogP contribution in [0.15, 0.2) is 30.3 Å². The maximum Gasteiger partial charge on any atom is 0.408 e. The van der Waals surface area contributed by atoms with Gasteiger partial charge >= 0.3 is 6.09 Å². The summed E-state index contributed by atoms with van der Waals surface area (Å²) in [6, 6.07) is 9.76. The van der Waals surface area contributed by atoms with Crippen molar-refractivity contribution in [3.63, 3.8) is 0 Å². The molecule has 130 valence electrons. The third kappa shape index (κ3) is 8.57. The Morgan fingerprint density at radius 1 is 1.17 bits per heavy atom. The van der Waals surface area contributed by atoms with Gasteiger partial charge in [-0.25, -0.2) is 4.79 Å². The molecule has 0 spiro atoms. The molecule has 0 radical (unpaired) electrons. The van der Waals surface area contributed by atoms with Crippen LogP contribution < -0.4 is 10.6 Å². The van der Waals surface area contributed by atoms with Gasteiger partial charge in [0.1, 0.15) is 5.60 Å². The SMILES string of the molecule is COCC(C)CNCC(NC(=O)OC(C)(C)C)c1ccccc1. The molecule has 23 heavy (non-hydrogen) atoms. The Bertz CT molecular complexity index is 457. The Labute approximate surface area is 139 Å². The Kier molecular flexibility index (Phi) is 8.06. The van der Waals surface area contributed by atoms with Crippen LogP contribution in [0, 0.1) is 5.92 Å². The van der Waals surface area contributed by atoms with Crippen molar-refractivity contribution in [2.24, 2.45) is 5.92 Å². The van der Waals surface area contributed by atoms with Gasteiger partial charge in [-0.05, 0) is 38.8 Å². The molecule has 0 heterocycles. The van der Waals surface area contributed by atoms with Gasteiger partial charge in [-0.15, -0.1) is 0 Å². The van der Waals surface area contributed by atoms with E-state index in [9.17, 15) is 4.79 Å². The van der Waals surface area contributed by atoms with E-state index in [0.29, 0.717) is 19.1 Å². The molecule has 2 atom stereocenters. The molecule has 5 nitrogen and oxygen atoms in total. The molecule has 0 saturated carbocycles. The minimum atomic E-state index is -0.508. The molecule has 2 N–H and O–H groups in total. The number of hydrogen-bond donors (Lipinski definition) is 2. The standard InChI is InChI=1S/C18H30N2O3/c1-14(13-22-5)11-19-12-16(15-9-7-6-8-10-15)20-17(21)23-18(2,3)4/h6-10,14,16,19H,11-13H2,1-5H3,(H,20,21). The average Bonchev–Trinajstić information content (AvgIpc) is 2.45. The van der Waals surface area contributed by atoms with Crippen LogP contribution in [-0.4, -0.2) is 38.5 Å². The topological polar surface area (TPSA) is 59.6 Å². The van der Waals surface area contributed by atoms with E-state index >= 15 is 0 Å². The first-order valence-electron chi connectivity index (χ1n) is 8.06. The largest absolute Gasteiger partial charge is 0.444 e. The van der Waals surface area contributed by atoms with Crippen molar-refractivity contribution in [3.8, 4) is 0 Å². The summed E-state index contributed by atoms with van der Waals surface area (Å²) < 4.78 is 10.5. The van der Waals surface area contributed by atoms with Crippen molar-refractivity contribution >= 4 is 6.09 Å². The molecule has 0 aliphatic rings. The number of benzene rings is 1. The number of ether oxygens (including phenoxy) is 2. The van der Waals surface area contributed by atoms with E-state index in [-0.39, 0.29) is 6.04 Å². The van der Waals surface area contributed by atoms with Gasteiger partial charge in [-0.1, -0.05) is 37.3 Å². The summed E-state index contributed by atoms with van der Waals surface area (Å²) in [4.78, 5) is 12.1. The van der Waals surface area contributed by atoms with Gasteiger partial charge in [0, 0.05) is 20.3 Å². The van der Waals surface area contributed by atoms with Crippen molar-refractivity contribution in [1.82, 2.24) is 10.6 Å². The fraction of sp³-hybridized carbons (Fsp3) is 0.611. The fourth-order valence-corrected chi connectivity index (χ4v) is 2.20. The van der Waals surface area contributed by atoms with Crippen molar-refractivity contribution in [1.29, 1.82) is 0 Å². The monoisotopic (exact) mass is 322 g/mol. The van der Waals surface area contributed by atoms with Crippen LogP contribution in [0.4, 0.5) is 4.79 Å². The van der Waals surface area contributed by atoms with Crippen molar-refractivity contribution in [2.45, 2.75) is 39.3 Å². The third-order valence-electron chi connectivity index (χ3n) is 3.19. The van der Waals surface area contributed by atoms with Crippen LogP contribution in [-0.2, 0) is 9.47 Å². The first-order chi connectivity index (χ1) is 10.8. The summed E-state index contributed by atoms with van der Waals surface area (Å²) in [7, 11) is 1.70. The first kappa shape index (κ1) is 19.5. The summed E-state index contributed by atoms with van der Waals surface area (Å²) in [6.45, 7) is 9.86. The number of hydrogen-bond acceptors (Lipinski definition) is 4. The first-order valence-corrected chi connectivity index (χ1v) is 8.06. The third-order valence-corrected chi connectivity index (χ3v) is 3.19. The van der Waals surface area contributed by atoms with E-state index in [1.54, 1.807) is 7.11 Å². The van der Waals surface area contributed by atoms with E-state index < -0.39 is 11.7 Å². The molecule has 2 unspecified atom stereocenters. The summed E-state index contributed by atoms with van der Waals surface area (Å²) in [5, 5.41) is 6.33. The maximum atomic E-state index is 12.1. The summed E-state index contributed by atoms with van der Waals surface area (Å²) >= 11 is 0. The number of alkyl carbamates (subject to hydrolysis) is 1. The second-order valence-electron chi connectivity index (χ2n) is 6.83. The van der Waals surface area contributed by atoms with Crippen LogP contribution in [0.1, 0.15) is 39.3 Å². The Balaban J connectivity index is 2.62. The van der Waals surface area contributed by atoms with Crippen molar-refractivity contribution in [3.05, 3.63) is 35.9 Å². The highest BCUT2D eigenvalue weighted by Crippen LogP contribution is 2.14. The van der Waals surface area contributed by atoms with E-state index in [1.165, 1.54) is 0 Å². The second-order valence-corrected chi connectivity index (χ2v) is 6.83. The van der Waals surface area contributed by atoms with E-state index in [1.807, 2.05) is 51.1 Å². The van der Waals surface area contributed by atoms with Gasteiger partial charge in [-0.2, -0.15) is 0 Å². The second kappa shape index (κ2) is 9.53. The molecule has 1 rings (SSSR count). The molecule has 0 aromatic heterocycles. The van der Waals surface area contributed by atoms with Crippen LogP contribution in [0.5, 0.6) is 0 Å². The molecule has 0 aliphatic carbocycles. The highest BCUT2D eigenvalue weighted by atomic mass is 16.6. The number of methoxy groups -OCH3 is 1. The predicted octanol–water partition coefficient (Wildman–Crippen LogP) is 3.12. The van der Waals surface area contributed by atoms with Gasteiger partial charge in [0.15, 0.2) is 0 Å². The minimum absolute atomic E-state index is 0.138. The van der Waals surface area contributed by atoms with Crippen LogP contribution in [0.25, 0.3) is 0 Å². The van der Waals surface area contributed by atoms with Crippen LogP contribution in [0.2, 0.25) is 0 Å². The molecule has 1 amide bonds. The quantitative estimate of drug-likeness (QED) is 0.772. The van der Waals surface area contributed by atoms with E-state index in [2.05, 4.69) is 17.6 Å². The number of carbonyl (C=O) groups excluding carboxylic acids is 1. The fourth-order valence-electron chi connectivity index (χ4n) is 2.20. The minimum Gasteiger partial charge on any atom is -0.444 e. The molecule has 5 heteroatoms. The molecule has 1 aromatic carbocycles. The van der Waals surface area contributed by atoms with E-state index in [0.717, 1.165) is 12.1 Å². The summed E-state index contributed by atoms with van der Waals surface area (Å²) in [5.41, 5.74) is 0.538. The van der Waals surface area contributed by atoms with Gasteiger partial charge in [0.25, 0.3) is 0 Å². The average molecular weight is 322 g/mol. The highest BCUT2D eigenvalue weighted by molar-refractivity contribution is 5.68. The number of rotatable bonds is 8. The normalized spacial score (nSPS) is 14.1.